The monoisotopic (exact) mass is 284 g/mol. The smallest absolute Gasteiger partial charge is 0.239 e. The summed E-state index contributed by atoms with van der Waals surface area (Å²) in [4.78, 5) is 15.8. The van der Waals surface area contributed by atoms with Gasteiger partial charge in [-0.2, -0.15) is 0 Å². The van der Waals surface area contributed by atoms with Crippen molar-refractivity contribution >= 4 is 11.9 Å². The van der Waals surface area contributed by atoms with Crippen LogP contribution in [0.3, 0.4) is 0 Å². The van der Waals surface area contributed by atoms with Gasteiger partial charge in [0, 0.05) is 25.7 Å². The molecular weight excluding hydrogens is 256 g/mol. The fraction of sp³-hybridized carbons (Fsp3) is 0.857. The number of hydrogen-bond donors (Lipinski definition) is 3. The maximum Gasteiger partial charge on any atom is 0.239 e. The Hall–Kier alpha value is -1.30. The fourth-order valence-corrected chi connectivity index (χ4v) is 2.09. The predicted molar refractivity (Wildman–Crippen MR) is 80.9 cm³/mol. The molecule has 1 aliphatic rings. The summed E-state index contributed by atoms with van der Waals surface area (Å²) in [5, 5.41) is 9.10. The van der Waals surface area contributed by atoms with Gasteiger partial charge in [0.05, 0.1) is 12.1 Å². The molecule has 1 rings (SSSR count). The van der Waals surface area contributed by atoms with E-state index in [-0.39, 0.29) is 23.6 Å². The normalized spacial score (nSPS) is 23.6. The van der Waals surface area contributed by atoms with Gasteiger partial charge in [0.15, 0.2) is 5.96 Å². The largest absolute Gasteiger partial charge is 0.373 e. The molecule has 1 atom stereocenters. The number of ether oxygens (including phenoxy) is 1. The zero-order chi connectivity index (χ0) is 15.2. The molecule has 3 N–H and O–H groups in total. The SMILES string of the molecule is CN=C(NCC(=O)NC(C)(C)C)NCC1(C)CCCO1. The molecule has 0 spiro atoms. The molecule has 0 aromatic rings. The van der Waals surface area contributed by atoms with Gasteiger partial charge in [-0.05, 0) is 40.5 Å². The van der Waals surface area contributed by atoms with Crippen LogP contribution in [0.2, 0.25) is 0 Å². The van der Waals surface area contributed by atoms with Crippen molar-refractivity contribution in [2.24, 2.45) is 4.99 Å². The van der Waals surface area contributed by atoms with Crippen molar-refractivity contribution in [3.63, 3.8) is 0 Å². The maximum absolute atomic E-state index is 11.7. The molecule has 1 unspecified atom stereocenters. The van der Waals surface area contributed by atoms with Crippen molar-refractivity contribution in [3.05, 3.63) is 0 Å². The lowest BCUT2D eigenvalue weighted by Gasteiger charge is -2.25. The highest BCUT2D eigenvalue weighted by molar-refractivity contribution is 5.86. The van der Waals surface area contributed by atoms with Crippen LogP contribution in [0.4, 0.5) is 0 Å². The van der Waals surface area contributed by atoms with Crippen molar-refractivity contribution < 1.29 is 9.53 Å². The number of hydrogen-bond acceptors (Lipinski definition) is 3. The number of amides is 1. The van der Waals surface area contributed by atoms with Gasteiger partial charge in [-0.1, -0.05) is 0 Å². The van der Waals surface area contributed by atoms with E-state index in [4.69, 9.17) is 4.74 Å². The summed E-state index contributed by atoms with van der Waals surface area (Å²) in [6.45, 7) is 9.66. The number of carbonyl (C=O) groups excluding carboxylic acids is 1. The van der Waals surface area contributed by atoms with Gasteiger partial charge in [0.1, 0.15) is 0 Å². The fourth-order valence-electron chi connectivity index (χ4n) is 2.09. The Kier molecular flexibility index (Phi) is 5.80. The molecule has 6 heteroatoms. The minimum atomic E-state index is -0.221. The second-order valence-electron chi connectivity index (χ2n) is 6.48. The average Bonchev–Trinajstić information content (AvgIpc) is 2.74. The van der Waals surface area contributed by atoms with E-state index in [1.54, 1.807) is 7.05 Å². The van der Waals surface area contributed by atoms with E-state index >= 15 is 0 Å². The molecule has 0 aliphatic carbocycles. The van der Waals surface area contributed by atoms with Crippen LogP contribution in [0.25, 0.3) is 0 Å². The molecule has 116 valence electrons. The highest BCUT2D eigenvalue weighted by atomic mass is 16.5. The van der Waals surface area contributed by atoms with E-state index in [0.29, 0.717) is 12.5 Å². The van der Waals surface area contributed by atoms with Crippen molar-refractivity contribution in [1.82, 2.24) is 16.0 Å². The molecule has 0 aromatic carbocycles. The highest BCUT2D eigenvalue weighted by Gasteiger charge is 2.29. The maximum atomic E-state index is 11.7. The molecular formula is C14H28N4O2. The number of nitrogens with one attached hydrogen (secondary N) is 3. The Balaban J connectivity index is 2.31. The summed E-state index contributed by atoms with van der Waals surface area (Å²) in [6, 6.07) is 0. The minimum Gasteiger partial charge on any atom is -0.373 e. The molecule has 6 nitrogen and oxygen atoms in total. The summed E-state index contributed by atoms with van der Waals surface area (Å²) in [5.41, 5.74) is -0.355. The highest BCUT2D eigenvalue weighted by Crippen LogP contribution is 2.23. The van der Waals surface area contributed by atoms with Gasteiger partial charge in [0.2, 0.25) is 5.91 Å². The lowest BCUT2D eigenvalue weighted by atomic mass is 10.0. The van der Waals surface area contributed by atoms with E-state index in [2.05, 4.69) is 27.9 Å². The lowest BCUT2D eigenvalue weighted by molar-refractivity contribution is -0.121. The van der Waals surface area contributed by atoms with Crippen molar-refractivity contribution in [2.75, 3.05) is 26.7 Å². The van der Waals surface area contributed by atoms with E-state index < -0.39 is 0 Å². The summed E-state index contributed by atoms with van der Waals surface area (Å²) < 4.78 is 5.70. The van der Waals surface area contributed by atoms with Gasteiger partial charge < -0.3 is 20.7 Å². The summed E-state index contributed by atoms with van der Waals surface area (Å²) in [6.07, 6.45) is 2.14. The molecule has 0 bridgehead atoms. The zero-order valence-corrected chi connectivity index (χ0v) is 13.3. The molecule has 1 heterocycles. The topological polar surface area (TPSA) is 74.8 Å². The molecule has 20 heavy (non-hydrogen) atoms. The first-order valence-corrected chi connectivity index (χ1v) is 7.14. The predicted octanol–water partition coefficient (Wildman–Crippen LogP) is 0.635. The number of carbonyl (C=O) groups is 1. The zero-order valence-electron chi connectivity index (χ0n) is 13.3. The van der Waals surface area contributed by atoms with Crippen LogP contribution < -0.4 is 16.0 Å². The van der Waals surface area contributed by atoms with Crippen LogP contribution in [0, 0.1) is 0 Å². The molecule has 1 amide bonds. The Labute approximate surface area is 121 Å². The van der Waals surface area contributed by atoms with Crippen LogP contribution in [-0.4, -0.2) is 49.8 Å². The Morgan fingerprint density at radius 3 is 2.55 bits per heavy atom. The Morgan fingerprint density at radius 1 is 1.35 bits per heavy atom. The summed E-state index contributed by atoms with van der Waals surface area (Å²) in [7, 11) is 1.69. The van der Waals surface area contributed by atoms with E-state index in [9.17, 15) is 4.79 Å². The molecule has 0 aromatic heterocycles. The van der Waals surface area contributed by atoms with Crippen molar-refractivity contribution in [3.8, 4) is 0 Å². The first-order valence-electron chi connectivity index (χ1n) is 7.14. The quantitative estimate of drug-likeness (QED) is 0.523. The average molecular weight is 284 g/mol. The van der Waals surface area contributed by atoms with E-state index in [0.717, 1.165) is 19.4 Å². The van der Waals surface area contributed by atoms with Crippen molar-refractivity contribution in [2.45, 2.75) is 51.7 Å². The number of nitrogens with zero attached hydrogens (tertiary/aromatic N) is 1. The third kappa shape index (κ3) is 6.23. The molecule has 0 saturated carbocycles. The molecule has 1 saturated heterocycles. The van der Waals surface area contributed by atoms with Crippen LogP contribution in [0.1, 0.15) is 40.5 Å². The number of guanidine groups is 1. The Morgan fingerprint density at radius 2 is 2.05 bits per heavy atom. The summed E-state index contributed by atoms with van der Waals surface area (Å²) >= 11 is 0. The first kappa shape index (κ1) is 16.8. The van der Waals surface area contributed by atoms with Gasteiger partial charge in [-0.25, -0.2) is 0 Å². The molecule has 0 radical (unpaired) electrons. The van der Waals surface area contributed by atoms with Gasteiger partial charge >= 0.3 is 0 Å². The molecule has 1 fully saturated rings. The van der Waals surface area contributed by atoms with Gasteiger partial charge in [-0.15, -0.1) is 0 Å². The standard InChI is InChI=1S/C14H28N4O2/c1-13(2,3)18-11(19)9-16-12(15-5)17-10-14(4)7-6-8-20-14/h6-10H2,1-5H3,(H,18,19)(H2,15,16,17). The van der Waals surface area contributed by atoms with E-state index in [1.165, 1.54) is 0 Å². The van der Waals surface area contributed by atoms with Crippen LogP contribution in [-0.2, 0) is 9.53 Å². The number of aliphatic imine (C=N–C) groups is 1. The Bertz CT molecular complexity index is 355. The summed E-state index contributed by atoms with van der Waals surface area (Å²) in [5.74, 6) is 0.564. The second-order valence-corrected chi connectivity index (χ2v) is 6.48. The minimum absolute atomic E-state index is 0.0521. The van der Waals surface area contributed by atoms with E-state index in [1.807, 2.05) is 20.8 Å². The van der Waals surface area contributed by atoms with Crippen LogP contribution >= 0.6 is 0 Å². The number of rotatable bonds is 4. The molecule has 1 aliphatic heterocycles. The second kappa shape index (κ2) is 6.92. The third-order valence-corrected chi connectivity index (χ3v) is 3.08. The van der Waals surface area contributed by atoms with Crippen LogP contribution in [0.5, 0.6) is 0 Å². The van der Waals surface area contributed by atoms with Gasteiger partial charge in [-0.3, -0.25) is 9.79 Å². The first-order chi connectivity index (χ1) is 9.24. The van der Waals surface area contributed by atoms with Gasteiger partial charge in [0.25, 0.3) is 0 Å². The van der Waals surface area contributed by atoms with Crippen molar-refractivity contribution in [1.29, 1.82) is 0 Å². The van der Waals surface area contributed by atoms with Crippen LogP contribution in [0.15, 0.2) is 4.99 Å². The lowest BCUT2D eigenvalue weighted by Crippen LogP contribution is -2.50. The third-order valence-electron chi connectivity index (χ3n) is 3.08.